The largest absolute Gasteiger partial charge is 0.336 e. The van der Waals surface area contributed by atoms with Gasteiger partial charge >= 0.3 is 0 Å². The van der Waals surface area contributed by atoms with Crippen LogP contribution < -0.4 is 5.32 Å². The number of nitrogens with one attached hydrogen (secondary N) is 1. The lowest BCUT2D eigenvalue weighted by atomic mass is 10.2. The van der Waals surface area contributed by atoms with Crippen LogP contribution in [0.15, 0.2) is 18.2 Å². The summed E-state index contributed by atoms with van der Waals surface area (Å²) in [5.41, 5.74) is -1.07. The molecule has 2 rings (SSSR count). The van der Waals surface area contributed by atoms with Gasteiger partial charge in [-0.1, -0.05) is 29.3 Å². The number of aryl methyl sites for hydroxylation is 2. The molecular formula is C12H11Cl2F2N3. The Labute approximate surface area is 119 Å². The van der Waals surface area contributed by atoms with Gasteiger partial charge in [-0.05, 0) is 19.1 Å². The lowest BCUT2D eigenvalue weighted by Gasteiger charge is -2.12. The molecule has 0 aliphatic heterocycles. The molecule has 1 aromatic carbocycles. The molecule has 0 saturated carbocycles. The highest BCUT2D eigenvalue weighted by atomic mass is 35.5. The van der Waals surface area contributed by atoms with Gasteiger partial charge in [0.15, 0.2) is 0 Å². The first-order chi connectivity index (χ1) is 8.91. The molecule has 2 aromatic rings. The van der Waals surface area contributed by atoms with Crippen LogP contribution in [-0.2, 0) is 7.05 Å². The van der Waals surface area contributed by atoms with E-state index in [9.17, 15) is 8.78 Å². The number of aromatic nitrogens is 2. The molecule has 0 amide bonds. The average molecular weight is 306 g/mol. The second kappa shape index (κ2) is 5.35. The number of para-hydroxylation sites is 1. The third-order valence-electron chi connectivity index (χ3n) is 2.69. The summed E-state index contributed by atoms with van der Waals surface area (Å²) < 4.78 is 28.5. The lowest BCUT2D eigenvalue weighted by molar-refractivity contribution is 0.460. The molecule has 7 heteroatoms. The zero-order chi connectivity index (χ0) is 14.2. The first kappa shape index (κ1) is 14.1. The fourth-order valence-corrected chi connectivity index (χ4v) is 2.29. The van der Waals surface area contributed by atoms with Gasteiger partial charge in [-0.3, -0.25) is 4.68 Å². The molecule has 3 nitrogen and oxygen atoms in total. The van der Waals surface area contributed by atoms with Crippen molar-refractivity contribution in [3.05, 3.63) is 40.3 Å². The van der Waals surface area contributed by atoms with Crippen LogP contribution in [0, 0.1) is 12.7 Å². The van der Waals surface area contributed by atoms with E-state index in [2.05, 4.69) is 10.4 Å². The van der Waals surface area contributed by atoms with Crippen LogP contribution in [0.3, 0.4) is 0 Å². The second-order valence-electron chi connectivity index (χ2n) is 3.99. The molecule has 0 saturated heterocycles. The lowest BCUT2D eigenvalue weighted by Crippen LogP contribution is -2.03. The van der Waals surface area contributed by atoms with Gasteiger partial charge in [0, 0.05) is 7.05 Å². The molecule has 19 heavy (non-hydrogen) atoms. The first-order valence-corrected chi connectivity index (χ1v) is 6.26. The molecule has 0 aliphatic carbocycles. The van der Waals surface area contributed by atoms with E-state index in [1.54, 1.807) is 14.0 Å². The summed E-state index contributed by atoms with van der Waals surface area (Å²) in [7, 11) is 1.60. The zero-order valence-electron chi connectivity index (χ0n) is 10.2. The van der Waals surface area contributed by atoms with E-state index in [4.69, 9.17) is 23.2 Å². The van der Waals surface area contributed by atoms with Crippen molar-refractivity contribution in [2.24, 2.45) is 7.05 Å². The Bertz CT molecular complexity index is 591. The van der Waals surface area contributed by atoms with Crippen molar-refractivity contribution in [1.29, 1.82) is 0 Å². The number of hydrogen-bond acceptors (Lipinski definition) is 2. The second-order valence-corrected chi connectivity index (χ2v) is 4.78. The number of anilines is 2. The minimum absolute atomic E-state index is 0.0609. The van der Waals surface area contributed by atoms with Crippen LogP contribution in [0.25, 0.3) is 0 Å². The van der Waals surface area contributed by atoms with Crippen molar-refractivity contribution in [2.75, 3.05) is 5.32 Å². The summed E-state index contributed by atoms with van der Waals surface area (Å²) in [4.78, 5) is 0. The Morgan fingerprint density at radius 2 is 2.11 bits per heavy atom. The molecular weight excluding hydrogens is 295 g/mol. The maximum absolute atomic E-state index is 13.7. The van der Waals surface area contributed by atoms with Crippen molar-refractivity contribution in [1.82, 2.24) is 9.78 Å². The molecule has 0 spiro atoms. The predicted octanol–water partition coefficient (Wildman–Crippen LogP) is 4.47. The van der Waals surface area contributed by atoms with Crippen molar-refractivity contribution >= 4 is 34.7 Å². The normalized spacial score (nSPS) is 12.5. The summed E-state index contributed by atoms with van der Waals surface area (Å²) in [5.74, 6) is -0.269. The summed E-state index contributed by atoms with van der Waals surface area (Å²) in [5, 5.41) is 6.99. The van der Waals surface area contributed by atoms with Crippen LogP contribution in [-0.4, -0.2) is 9.78 Å². The number of alkyl halides is 2. The van der Waals surface area contributed by atoms with Gasteiger partial charge in [0.2, 0.25) is 5.63 Å². The van der Waals surface area contributed by atoms with E-state index < -0.39 is 11.4 Å². The highest BCUT2D eigenvalue weighted by Gasteiger charge is 2.21. The third-order valence-corrected chi connectivity index (χ3v) is 3.23. The standard InChI is InChI=1S/C12H11Cl2F2N3/c1-6-9(11(14)16)12(19(2)18-6)17-10-7(13)4-3-5-8(10)15/h3-5,11,17H,1-2H3. The molecule has 1 atom stereocenters. The monoisotopic (exact) mass is 305 g/mol. The van der Waals surface area contributed by atoms with E-state index in [0.717, 1.165) is 0 Å². The predicted molar refractivity (Wildman–Crippen MR) is 72.3 cm³/mol. The Morgan fingerprint density at radius 1 is 1.42 bits per heavy atom. The fraction of sp³-hybridized carbons (Fsp3) is 0.250. The Balaban J connectivity index is 2.50. The Kier molecular flexibility index (Phi) is 3.96. The number of benzene rings is 1. The summed E-state index contributed by atoms with van der Waals surface area (Å²) in [6.07, 6.45) is 0. The molecule has 0 radical (unpaired) electrons. The van der Waals surface area contributed by atoms with Gasteiger partial charge in [-0.25, -0.2) is 8.78 Å². The summed E-state index contributed by atoms with van der Waals surface area (Å²) in [6.45, 7) is 1.62. The van der Waals surface area contributed by atoms with Gasteiger partial charge < -0.3 is 5.32 Å². The number of nitrogens with zero attached hydrogens (tertiary/aromatic N) is 2. The zero-order valence-corrected chi connectivity index (χ0v) is 11.7. The highest BCUT2D eigenvalue weighted by Crippen LogP contribution is 2.35. The van der Waals surface area contributed by atoms with E-state index in [0.29, 0.717) is 5.69 Å². The maximum Gasteiger partial charge on any atom is 0.204 e. The summed E-state index contributed by atoms with van der Waals surface area (Å²) >= 11 is 11.4. The van der Waals surface area contributed by atoms with E-state index in [1.165, 1.54) is 22.9 Å². The van der Waals surface area contributed by atoms with Gasteiger partial charge in [-0.15, -0.1) is 0 Å². The van der Waals surface area contributed by atoms with Crippen LogP contribution in [0.2, 0.25) is 5.02 Å². The minimum atomic E-state index is -1.73. The topological polar surface area (TPSA) is 29.9 Å². The molecule has 102 valence electrons. The fourth-order valence-electron chi connectivity index (χ4n) is 1.82. The quantitative estimate of drug-likeness (QED) is 0.848. The average Bonchev–Trinajstić information content (AvgIpc) is 2.58. The Hall–Kier alpha value is -1.33. The SMILES string of the molecule is Cc1nn(C)c(Nc2c(F)cccc2Cl)c1C(F)Cl. The molecule has 0 fully saturated rings. The van der Waals surface area contributed by atoms with E-state index >= 15 is 0 Å². The van der Waals surface area contributed by atoms with Crippen LogP contribution >= 0.6 is 23.2 Å². The molecule has 1 unspecified atom stereocenters. The maximum atomic E-state index is 13.7. The van der Waals surface area contributed by atoms with E-state index in [-0.39, 0.29) is 22.1 Å². The van der Waals surface area contributed by atoms with Gasteiger partial charge in [0.1, 0.15) is 11.6 Å². The minimum Gasteiger partial charge on any atom is -0.336 e. The Morgan fingerprint density at radius 3 is 2.68 bits per heavy atom. The molecule has 1 heterocycles. The third kappa shape index (κ3) is 2.67. The van der Waals surface area contributed by atoms with Crippen molar-refractivity contribution in [3.63, 3.8) is 0 Å². The molecule has 0 aliphatic rings. The number of hydrogen-bond donors (Lipinski definition) is 1. The highest BCUT2D eigenvalue weighted by molar-refractivity contribution is 6.33. The summed E-state index contributed by atoms with van der Waals surface area (Å²) in [6, 6.07) is 4.27. The first-order valence-electron chi connectivity index (χ1n) is 5.44. The van der Waals surface area contributed by atoms with Crippen molar-refractivity contribution < 1.29 is 8.78 Å². The smallest absolute Gasteiger partial charge is 0.204 e. The van der Waals surface area contributed by atoms with Gasteiger partial charge in [-0.2, -0.15) is 5.10 Å². The van der Waals surface area contributed by atoms with Crippen molar-refractivity contribution in [2.45, 2.75) is 12.6 Å². The van der Waals surface area contributed by atoms with Gasteiger partial charge in [0.05, 0.1) is 22.0 Å². The van der Waals surface area contributed by atoms with Crippen LogP contribution in [0.1, 0.15) is 16.9 Å². The van der Waals surface area contributed by atoms with Crippen LogP contribution in [0.5, 0.6) is 0 Å². The molecule has 1 N–H and O–H groups in total. The van der Waals surface area contributed by atoms with Crippen LogP contribution in [0.4, 0.5) is 20.3 Å². The number of rotatable bonds is 3. The van der Waals surface area contributed by atoms with E-state index in [1.807, 2.05) is 0 Å². The number of halogens is 4. The van der Waals surface area contributed by atoms with Gasteiger partial charge in [0.25, 0.3) is 0 Å². The molecule has 1 aromatic heterocycles. The van der Waals surface area contributed by atoms with Crippen molar-refractivity contribution in [3.8, 4) is 0 Å². The molecule has 0 bridgehead atoms.